The highest BCUT2D eigenvalue weighted by Gasteiger charge is 2.25. The summed E-state index contributed by atoms with van der Waals surface area (Å²) < 4.78 is 10.8. The number of fused-ring (bicyclic) bond motifs is 1. The lowest BCUT2D eigenvalue weighted by atomic mass is 9.90. The van der Waals surface area contributed by atoms with E-state index in [0.29, 0.717) is 13.0 Å². The fourth-order valence-corrected chi connectivity index (χ4v) is 2.13. The molecule has 1 aliphatic carbocycles. The molecule has 3 heteroatoms. The van der Waals surface area contributed by atoms with Crippen LogP contribution >= 0.6 is 0 Å². The maximum atomic E-state index is 11.7. The molecule has 84 valence electrons. The van der Waals surface area contributed by atoms with E-state index < -0.39 is 0 Å². The Balaban J connectivity index is 1.85. The molecule has 1 atom stereocenters. The molecule has 1 heterocycles. The van der Waals surface area contributed by atoms with E-state index in [1.54, 1.807) is 0 Å². The number of hydrogen-bond donors (Lipinski definition) is 0. The summed E-state index contributed by atoms with van der Waals surface area (Å²) in [7, 11) is 0. The van der Waals surface area contributed by atoms with Crippen LogP contribution in [0.1, 0.15) is 28.8 Å². The number of hydrogen-bond acceptors (Lipinski definition) is 3. The predicted molar refractivity (Wildman–Crippen MR) is 58.9 cm³/mol. The molecule has 3 nitrogen and oxygen atoms in total. The number of Topliss-reactive ketones (excluding diaryl/α,β-unsaturated/α-hetero) is 1. The monoisotopic (exact) mass is 218 g/mol. The lowest BCUT2D eigenvalue weighted by molar-refractivity contribution is 0.0971. The average molecular weight is 218 g/mol. The van der Waals surface area contributed by atoms with Crippen molar-refractivity contribution in [3.8, 4) is 5.75 Å². The second kappa shape index (κ2) is 3.91. The highest BCUT2D eigenvalue weighted by atomic mass is 16.6. The first kappa shape index (κ1) is 9.85. The summed E-state index contributed by atoms with van der Waals surface area (Å²) in [6.07, 6.45) is 2.81. The van der Waals surface area contributed by atoms with Crippen LogP contribution in [-0.2, 0) is 11.2 Å². The average Bonchev–Trinajstić information content (AvgIpc) is 3.11. The molecule has 0 saturated carbocycles. The van der Waals surface area contributed by atoms with E-state index in [0.717, 1.165) is 36.3 Å². The third kappa shape index (κ3) is 1.83. The van der Waals surface area contributed by atoms with Gasteiger partial charge in [0.25, 0.3) is 0 Å². The predicted octanol–water partition coefficient (Wildman–Crippen LogP) is 1.98. The van der Waals surface area contributed by atoms with Gasteiger partial charge in [-0.3, -0.25) is 4.79 Å². The van der Waals surface area contributed by atoms with Crippen molar-refractivity contribution in [2.75, 3.05) is 13.2 Å². The van der Waals surface area contributed by atoms with Crippen molar-refractivity contribution in [3.63, 3.8) is 0 Å². The molecular weight excluding hydrogens is 204 g/mol. The Kier molecular flexibility index (Phi) is 2.40. The van der Waals surface area contributed by atoms with E-state index in [-0.39, 0.29) is 11.9 Å². The molecule has 3 rings (SSSR count). The highest BCUT2D eigenvalue weighted by Crippen LogP contribution is 2.30. The Labute approximate surface area is 94.4 Å². The Morgan fingerprint density at radius 1 is 1.38 bits per heavy atom. The third-order valence-corrected chi connectivity index (χ3v) is 3.09. The molecular formula is C13H14O3. The van der Waals surface area contributed by atoms with Gasteiger partial charge >= 0.3 is 0 Å². The van der Waals surface area contributed by atoms with E-state index in [1.165, 1.54) is 0 Å². The molecule has 1 aromatic rings. The smallest absolute Gasteiger partial charge is 0.163 e. The lowest BCUT2D eigenvalue weighted by Crippen LogP contribution is -2.13. The molecule has 1 fully saturated rings. The quantitative estimate of drug-likeness (QED) is 0.728. The van der Waals surface area contributed by atoms with E-state index in [9.17, 15) is 4.79 Å². The fraction of sp³-hybridized carbons (Fsp3) is 0.462. The topological polar surface area (TPSA) is 38.8 Å². The molecule has 0 bridgehead atoms. The lowest BCUT2D eigenvalue weighted by Gasteiger charge is -2.18. The van der Waals surface area contributed by atoms with Gasteiger partial charge in [-0.2, -0.15) is 0 Å². The fourth-order valence-electron chi connectivity index (χ4n) is 2.13. The standard InChI is InChI=1S/C13H14O3/c14-12-5-1-4-11-10(12)3-2-6-13(11)16-8-9-7-15-9/h2-3,6,9H,1,4-5,7-8H2. The Bertz CT molecular complexity index is 421. The second-order valence-corrected chi connectivity index (χ2v) is 4.33. The van der Waals surface area contributed by atoms with Crippen LogP contribution in [0.25, 0.3) is 0 Å². The van der Waals surface area contributed by atoms with Crippen molar-refractivity contribution in [1.29, 1.82) is 0 Å². The minimum atomic E-state index is 0.245. The first-order chi connectivity index (χ1) is 7.84. The molecule has 16 heavy (non-hydrogen) atoms. The van der Waals surface area contributed by atoms with Crippen LogP contribution in [0.2, 0.25) is 0 Å². The summed E-state index contributed by atoms with van der Waals surface area (Å²) in [5, 5.41) is 0. The summed E-state index contributed by atoms with van der Waals surface area (Å²) >= 11 is 0. The zero-order valence-corrected chi connectivity index (χ0v) is 9.07. The molecule has 0 aromatic heterocycles. The van der Waals surface area contributed by atoms with Crippen LogP contribution in [0.4, 0.5) is 0 Å². The summed E-state index contributed by atoms with van der Waals surface area (Å²) in [6.45, 7) is 1.40. The minimum absolute atomic E-state index is 0.245. The minimum Gasteiger partial charge on any atom is -0.490 e. The molecule has 1 saturated heterocycles. The van der Waals surface area contributed by atoms with Gasteiger partial charge in [-0.15, -0.1) is 0 Å². The zero-order chi connectivity index (χ0) is 11.0. The van der Waals surface area contributed by atoms with Crippen LogP contribution in [0.5, 0.6) is 5.75 Å². The van der Waals surface area contributed by atoms with Gasteiger partial charge < -0.3 is 9.47 Å². The normalized spacial score (nSPS) is 22.8. The van der Waals surface area contributed by atoms with E-state index >= 15 is 0 Å². The van der Waals surface area contributed by atoms with Crippen LogP contribution in [-0.4, -0.2) is 25.1 Å². The van der Waals surface area contributed by atoms with Gasteiger partial charge in [0.15, 0.2) is 5.78 Å². The SMILES string of the molecule is O=C1CCCc2c(OCC3CO3)cccc21. The van der Waals surface area contributed by atoms with Crippen molar-refractivity contribution in [2.24, 2.45) is 0 Å². The summed E-state index contributed by atoms with van der Waals surface area (Å²) in [5.74, 6) is 1.11. The molecule has 1 unspecified atom stereocenters. The number of ketones is 1. The van der Waals surface area contributed by atoms with E-state index in [1.807, 2.05) is 18.2 Å². The van der Waals surface area contributed by atoms with Gasteiger partial charge in [-0.1, -0.05) is 12.1 Å². The van der Waals surface area contributed by atoms with Gasteiger partial charge in [0, 0.05) is 17.5 Å². The molecule has 1 aliphatic heterocycles. The van der Waals surface area contributed by atoms with Gasteiger partial charge in [0.2, 0.25) is 0 Å². The largest absolute Gasteiger partial charge is 0.490 e. The maximum absolute atomic E-state index is 11.7. The van der Waals surface area contributed by atoms with Gasteiger partial charge in [0.05, 0.1) is 6.61 Å². The first-order valence-electron chi connectivity index (χ1n) is 5.74. The summed E-state index contributed by atoms with van der Waals surface area (Å²) in [4.78, 5) is 11.7. The van der Waals surface area contributed by atoms with Gasteiger partial charge in [-0.05, 0) is 18.9 Å². The van der Waals surface area contributed by atoms with Crippen LogP contribution in [0.15, 0.2) is 18.2 Å². The van der Waals surface area contributed by atoms with Crippen molar-refractivity contribution in [1.82, 2.24) is 0 Å². The van der Waals surface area contributed by atoms with Gasteiger partial charge in [0.1, 0.15) is 18.5 Å². The third-order valence-electron chi connectivity index (χ3n) is 3.09. The zero-order valence-electron chi connectivity index (χ0n) is 9.07. The second-order valence-electron chi connectivity index (χ2n) is 4.33. The molecule has 2 aliphatic rings. The van der Waals surface area contributed by atoms with E-state index in [2.05, 4.69) is 0 Å². The van der Waals surface area contributed by atoms with Gasteiger partial charge in [-0.25, -0.2) is 0 Å². The van der Waals surface area contributed by atoms with Crippen molar-refractivity contribution in [3.05, 3.63) is 29.3 Å². The number of benzene rings is 1. The van der Waals surface area contributed by atoms with Crippen LogP contribution in [0.3, 0.4) is 0 Å². The molecule has 0 spiro atoms. The Morgan fingerprint density at radius 2 is 2.25 bits per heavy atom. The number of rotatable bonds is 3. The Morgan fingerprint density at radius 3 is 3.06 bits per heavy atom. The van der Waals surface area contributed by atoms with Crippen molar-refractivity contribution < 1.29 is 14.3 Å². The summed E-state index contributed by atoms with van der Waals surface area (Å²) in [5.41, 5.74) is 1.93. The van der Waals surface area contributed by atoms with Crippen LogP contribution in [0, 0.1) is 0 Å². The molecule has 1 aromatic carbocycles. The number of epoxide rings is 1. The summed E-state index contributed by atoms with van der Waals surface area (Å²) in [6, 6.07) is 5.74. The Hall–Kier alpha value is -1.35. The van der Waals surface area contributed by atoms with Crippen molar-refractivity contribution in [2.45, 2.75) is 25.4 Å². The number of carbonyl (C=O) groups excluding carboxylic acids is 1. The molecule has 0 N–H and O–H groups in total. The number of carbonyl (C=O) groups is 1. The first-order valence-corrected chi connectivity index (χ1v) is 5.74. The van der Waals surface area contributed by atoms with E-state index in [4.69, 9.17) is 9.47 Å². The number of ether oxygens (including phenoxy) is 2. The van der Waals surface area contributed by atoms with Crippen LogP contribution < -0.4 is 4.74 Å². The maximum Gasteiger partial charge on any atom is 0.163 e. The molecule has 0 amide bonds. The van der Waals surface area contributed by atoms with Crippen molar-refractivity contribution >= 4 is 5.78 Å². The molecule has 0 radical (unpaired) electrons. The highest BCUT2D eigenvalue weighted by molar-refractivity contribution is 5.99.